The van der Waals surface area contributed by atoms with Crippen molar-refractivity contribution in [1.82, 2.24) is 0 Å². The van der Waals surface area contributed by atoms with Crippen molar-refractivity contribution in [2.45, 2.75) is 25.7 Å². The highest BCUT2D eigenvalue weighted by atomic mass is 14.3. The van der Waals surface area contributed by atoms with Gasteiger partial charge in [-0.25, -0.2) is 0 Å². The van der Waals surface area contributed by atoms with Crippen LogP contribution in [0.4, 0.5) is 0 Å². The molecule has 96 valence electrons. The largest absolute Gasteiger partial charge is 0.0763 e. The molecular weight excluding hydrogens is 240 g/mol. The summed E-state index contributed by atoms with van der Waals surface area (Å²) < 4.78 is 0. The molecule has 3 aromatic rings. The molecule has 0 atom stereocenters. The highest BCUT2D eigenvalue weighted by Gasteiger charge is 2.22. The summed E-state index contributed by atoms with van der Waals surface area (Å²) in [5, 5.41) is 5.77. The van der Waals surface area contributed by atoms with Gasteiger partial charge in [-0.05, 0) is 69.5 Å². The first-order valence-electron chi connectivity index (χ1n) is 7.57. The number of hydrogen-bond donors (Lipinski definition) is 0. The van der Waals surface area contributed by atoms with E-state index in [2.05, 4.69) is 48.5 Å². The van der Waals surface area contributed by atoms with E-state index in [9.17, 15) is 0 Å². The Morgan fingerprint density at radius 2 is 1.75 bits per heavy atom. The minimum absolute atomic E-state index is 1.10. The van der Waals surface area contributed by atoms with Crippen molar-refractivity contribution < 1.29 is 0 Å². The number of allylic oxidation sites excluding steroid dienone is 2. The van der Waals surface area contributed by atoms with Gasteiger partial charge in [0.25, 0.3) is 0 Å². The lowest BCUT2D eigenvalue weighted by Crippen LogP contribution is -2.07. The van der Waals surface area contributed by atoms with Crippen molar-refractivity contribution in [3.05, 3.63) is 65.2 Å². The van der Waals surface area contributed by atoms with Crippen LogP contribution in [0, 0.1) is 0 Å². The summed E-state index contributed by atoms with van der Waals surface area (Å²) in [5.41, 5.74) is 6.24. The van der Waals surface area contributed by atoms with E-state index in [4.69, 9.17) is 0 Å². The zero-order chi connectivity index (χ0) is 13.1. The van der Waals surface area contributed by atoms with Crippen molar-refractivity contribution in [2.75, 3.05) is 0 Å². The van der Waals surface area contributed by atoms with Gasteiger partial charge in [0.2, 0.25) is 0 Å². The Kier molecular flexibility index (Phi) is 1.99. The molecule has 0 radical (unpaired) electrons. The third kappa shape index (κ3) is 1.27. The van der Waals surface area contributed by atoms with E-state index < -0.39 is 0 Å². The van der Waals surface area contributed by atoms with Crippen molar-refractivity contribution in [2.24, 2.45) is 0 Å². The minimum atomic E-state index is 1.10. The van der Waals surface area contributed by atoms with E-state index >= 15 is 0 Å². The van der Waals surface area contributed by atoms with E-state index in [0.29, 0.717) is 0 Å². The van der Waals surface area contributed by atoms with Crippen LogP contribution in [0.3, 0.4) is 0 Å². The van der Waals surface area contributed by atoms with Gasteiger partial charge < -0.3 is 0 Å². The second kappa shape index (κ2) is 3.73. The number of aryl methyl sites for hydroxylation is 1. The quantitative estimate of drug-likeness (QED) is 0.481. The highest BCUT2D eigenvalue weighted by Crippen LogP contribution is 2.43. The molecule has 0 bridgehead atoms. The topological polar surface area (TPSA) is 0 Å². The molecule has 0 unspecified atom stereocenters. The van der Waals surface area contributed by atoms with Crippen LogP contribution in [0.5, 0.6) is 0 Å². The van der Waals surface area contributed by atoms with E-state index in [1.807, 2.05) is 0 Å². The molecule has 0 heteroatoms. The molecule has 0 spiro atoms. The van der Waals surface area contributed by atoms with Gasteiger partial charge in [0.1, 0.15) is 0 Å². The average Bonchev–Trinajstić information content (AvgIpc) is 2.52. The van der Waals surface area contributed by atoms with Crippen LogP contribution in [-0.2, 0) is 12.8 Å². The van der Waals surface area contributed by atoms with Gasteiger partial charge in [-0.1, -0.05) is 48.5 Å². The van der Waals surface area contributed by atoms with E-state index in [1.165, 1.54) is 41.0 Å². The van der Waals surface area contributed by atoms with Crippen molar-refractivity contribution in [3.63, 3.8) is 0 Å². The van der Waals surface area contributed by atoms with Gasteiger partial charge in [0.15, 0.2) is 0 Å². The summed E-state index contributed by atoms with van der Waals surface area (Å²) in [7, 11) is 0. The van der Waals surface area contributed by atoms with Crippen molar-refractivity contribution >= 4 is 27.1 Å². The molecule has 0 saturated carbocycles. The molecule has 0 nitrogen and oxygen atoms in total. The Morgan fingerprint density at radius 1 is 0.800 bits per heavy atom. The summed E-state index contributed by atoms with van der Waals surface area (Å²) in [6, 6.07) is 15.9. The third-order valence-corrected chi connectivity index (χ3v) is 4.98. The Bertz CT molecular complexity index is 897. The number of fused-ring (bicyclic) bond motifs is 2. The lowest BCUT2D eigenvalue weighted by atomic mass is 9.78. The number of hydrogen-bond acceptors (Lipinski definition) is 0. The minimum Gasteiger partial charge on any atom is -0.0763 e. The Hall–Kier alpha value is -2.08. The van der Waals surface area contributed by atoms with Crippen LogP contribution in [0.1, 0.15) is 29.5 Å². The molecule has 5 rings (SSSR count). The van der Waals surface area contributed by atoms with Crippen molar-refractivity contribution in [3.8, 4) is 0 Å². The second-order valence-corrected chi connectivity index (χ2v) is 6.07. The van der Waals surface area contributed by atoms with Gasteiger partial charge in [0.05, 0.1) is 0 Å². The monoisotopic (exact) mass is 256 g/mol. The lowest BCUT2D eigenvalue weighted by molar-refractivity contribution is 0.821. The van der Waals surface area contributed by atoms with Gasteiger partial charge >= 0.3 is 0 Å². The molecule has 0 amide bonds. The number of benzene rings is 3. The SMILES string of the molecule is C1=C2CCCc3ccc4c(c(cc5ccccc54)C1)c32. The van der Waals surface area contributed by atoms with Gasteiger partial charge in [-0.15, -0.1) is 0 Å². The molecule has 2 aliphatic carbocycles. The fourth-order valence-electron chi connectivity index (χ4n) is 4.10. The summed E-state index contributed by atoms with van der Waals surface area (Å²) in [6.45, 7) is 0. The fourth-order valence-corrected chi connectivity index (χ4v) is 4.10. The first kappa shape index (κ1) is 10.7. The summed E-state index contributed by atoms with van der Waals surface area (Å²) in [4.78, 5) is 0. The summed E-state index contributed by atoms with van der Waals surface area (Å²) >= 11 is 0. The first-order chi connectivity index (χ1) is 9.92. The van der Waals surface area contributed by atoms with Crippen LogP contribution in [0.2, 0.25) is 0 Å². The van der Waals surface area contributed by atoms with Crippen LogP contribution in [0.15, 0.2) is 48.5 Å². The van der Waals surface area contributed by atoms with Crippen LogP contribution in [0.25, 0.3) is 27.1 Å². The molecule has 0 heterocycles. The van der Waals surface area contributed by atoms with Gasteiger partial charge in [-0.3, -0.25) is 0 Å². The molecule has 3 aromatic carbocycles. The van der Waals surface area contributed by atoms with Crippen LogP contribution >= 0.6 is 0 Å². The molecule has 0 saturated heterocycles. The predicted octanol–water partition coefficient (Wildman–Crippen LogP) is 5.27. The second-order valence-electron chi connectivity index (χ2n) is 6.07. The van der Waals surface area contributed by atoms with Crippen LogP contribution in [-0.4, -0.2) is 0 Å². The third-order valence-electron chi connectivity index (χ3n) is 4.98. The van der Waals surface area contributed by atoms with E-state index in [1.54, 1.807) is 22.1 Å². The van der Waals surface area contributed by atoms with E-state index in [0.717, 1.165) is 6.42 Å². The van der Waals surface area contributed by atoms with Crippen LogP contribution < -0.4 is 0 Å². The molecule has 0 fully saturated rings. The standard InChI is InChI=1S/C20H16/c1-2-7-17-15(4-1)12-16-9-8-13-5-3-6-14-10-11-18(17)20(16)19(13)14/h1-2,4,7-8,10-12H,3,5-6,9H2. The Balaban J connectivity index is 2.05. The molecule has 0 aromatic heterocycles. The summed E-state index contributed by atoms with van der Waals surface area (Å²) in [6.07, 6.45) is 7.39. The molecule has 0 aliphatic heterocycles. The predicted molar refractivity (Wildman–Crippen MR) is 86.1 cm³/mol. The zero-order valence-electron chi connectivity index (χ0n) is 11.4. The maximum atomic E-state index is 2.47. The molecule has 2 aliphatic rings. The first-order valence-corrected chi connectivity index (χ1v) is 7.57. The van der Waals surface area contributed by atoms with Gasteiger partial charge in [-0.2, -0.15) is 0 Å². The maximum Gasteiger partial charge on any atom is -0.00643 e. The fraction of sp³-hybridized carbons (Fsp3) is 0.200. The molecule has 0 N–H and O–H groups in total. The Morgan fingerprint density at radius 3 is 2.75 bits per heavy atom. The smallest absolute Gasteiger partial charge is 0.00643 e. The molecular formula is C20H16. The zero-order valence-corrected chi connectivity index (χ0v) is 11.4. The van der Waals surface area contributed by atoms with Crippen molar-refractivity contribution in [1.29, 1.82) is 0 Å². The number of rotatable bonds is 0. The van der Waals surface area contributed by atoms with E-state index in [-0.39, 0.29) is 0 Å². The highest BCUT2D eigenvalue weighted by molar-refractivity contribution is 6.13. The lowest BCUT2D eigenvalue weighted by Gasteiger charge is -2.26. The molecule has 20 heavy (non-hydrogen) atoms. The average molecular weight is 256 g/mol. The maximum absolute atomic E-state index is 2.47. The summed E-state index contributed by atoms with van der Waals surface area (Å²) in [5.74, 6) is 0. The normalized spacial score (nSPS) is 16.5. The Labute approximate surface area is 118 Å². The van der Waals surface area contributed by atoms with Gasteiger partial charge in [0, 0.05) is 0 Å².